The van der Waals surface area contributed by atoms with Gasteiger partial charge in [-0.2, -0.15) is 0 Å². The van der Waals surface area contributed by atoms with Crippen LogP contribution in [0.4, 0.5) is 11.4 Å². The van der Waals surface area contributed by atoms with Crippen LogP contribution < -0.4 is 10.2 Å². The van der Waals surface area contributed by atoms with E-state index in [2.05, 4.69) is 12.2 Å². The van der Waals surface area contributed by atoms with Gasteiger partial charge in [-0.1, -0.05) is 19.1 Å². The molecule has 1 aromatic carbocycles. The average molecular weight is 332 g/mol. The molecule has 0 spiro atoms. The molecular formula is C17H24N4O3. The van der Waals surface area contributed by atoms with Crippen LogP contribution in [0.5, 0.6) is 0 Å². The number of carbonyl (C=O) groups is 1. The van der Waals surface area contributed by atoms with Crippen molar-refractivity contribution in [2.24, 2.45) is 0 Å². The zero-order valence-electron chi connectivity index (χ0n) is 14.0. The summed E-state index contributed by atoms with van der Waals surface area (Å²) in [5.74, 6) is 0.185. The summed E-state index contributed by atoms with van der Waals surface area (Å²) in [6.45, 7) is 5.41. The Morgan fingerprint density at radius 3 is 2.58 bits per heavy atom. The molecule has 2 heterocycles. The summed E-state index contributed by atoms with van der Waals surface area (Å²) in [5.41, 5.74) is 0.361. The van der Waals surface area contributed by atoms with Crippen molar-refractivity contribution in [2.45, 2.75) is 31.7 Å². The van der Waals surface area contributed by atoms with Crippen LogP contribution in [-0.4, -0.2) is 54.0 Å². The number of anilines is 1. The second-order valence-corrected chi connectivity index (χ2v) is 6.49. The molecule has 130 valence electrons. The van der Waals surface area contributed by atoms with Gasteiger partial charge < -0.3 is 15.1 Å². The van der Waals surface area contributed by atoms with Crippen molar-refractivity contribution in [1.29, 1.82) is 0 Å². The minimum Gasteiger partial charge on any atom is -0.362 e. The first-order chi connectivity index (χ1) is 11.6. The van der Waals surface area contributed by atoms with E-state index >= 15 is 0 Å². The zero-order valence-corrected chi connectivity index (χ0v) is 14.0. The fourth-order valence-electron chi connectivity index (χ4n) is 3.78. The van der Waals surface area contributed by atoms with Gasteiger partial charge in [0.2, 0.25) is 5.91 Å². The first-order valence-corrected chi connectivity index (χ1v) is 8.60. The average Bonchev–Trinajstić information content (AvgIpc) is 3.11. The summed E-state index contributed by atoms with van der Waals surface area (Å²) < 4.78 is 0. The van der Waals surface area contributed by atoms with Gasteiger partial charge in [-0.3, -0.25) is 14.9 Å². The molecule has 3 rings (SSSR count). The number of rotatable bonds is 4. The Morgan fingerprint density at radius 1 is 1.29 bits per heavy atom. The third-order valence-electron chi connectivity index (χ3n) is 5.24. The quantitative estimate of drug-likeness (QED) is 0.671. The van der Waals surface area contributed by atoms with Crippen LogP contribution in [0.2, 0.25) is 0 Å². The number of hydrogen-bond donors (Lipinski definition) is 1. The Kier molecular flexibility index (Phi) is 4.71. The standard InChI is InChI=1S/C17H24N4O3/c1-2-17(8-5-9-18-17)16(22)20-12-10-19(11-13-20)14-6-3-4-7-15(14)21(23)24/h3-4,6-7,18H,2,5,8-13H2,1H3. The van der Waals surface area contributed by atoms with E-state index in [1.165, 1.54) is 6.07 Å². The summed E-state index contributed by atoms with van der Waals surface area (Å²) in [7, 11) is 0. The van der Waals surface area contributed by atoms with Crippen molar-refractivity contribution in [1.82, 2.24) is 10.2 Å². The van der Waals surface area contributed by atoms with E-state index in [0.717, 1.165) is 25.8 Å². The van der Waals surface area contributed by atoms with Gasteiger partial charge in [0.25, 0.3) is 5.69 Å². The van der Waals surface area contributed by atoms with Gasteiger partial charge in [0, 0.05) is 32.2 Å². The van der Waals surface area contributed by atoms with E-state index in [4.69, 9.17) is 0 Å². The number of nitrogens with one attached hydrogen (secondary N) is 1. The Hall–Kier alpha value is -2.15. The van der Waals surface area contributed by atoms with Crippen LogP contribution in [-0.2, 0) is 4.79 Å². The Bertz CT molecular complexity index is 620. The van der Waals surface area contributed by atoms with Gasteiger partial charge in [-0.15, -0.1) is 0 Å². The molecule has 24 heavy (non-hydrogen) atoms. The highest BCUT2D eigenvalue weighted by atomic mass is 16.6. The monoisotopic (exact) mass is 332 g/mol. The van der Waals surface area contributed by atoms with E-state index in [0.29, 0.717) is 31.9 Å². The maximum Gasteiger partial charge on any atom is 0.292 e. The number of amides is 1. The van der Waals surface area contributed by atoms with E-state index in [1.54, 1.807) is 12.1 Å². The summed E-state index contributed by atoms with van der Waals surface area (Å²) in [4.78, 5) is 27.7. The first-order valence-electron chi connectivity index (χ1n) is 8.60. The largest absolute Gasteiger partial charge is 0.362 e. The molecule has 2 saturated heterocycles. The Labute approximate surface area is 141 Å². The molecular weight excluding hydrogens is 308 g/mol. The van der Waals surface area contributed by atoms with Crippen LogP contribution in [0.1, 0.15) is 26.2 Å². The molecule has 1 amide bonds. The lowest BCUT2D eigenvalue weighted by molar-refractivity contribution is -0.384. The normalized spacial score (nSPS) is 24.2. The van der Waals surface area contributed by atoms with Crippen molar-refractivity contribution >= 4 is 17.3 Å². The number of hydrogen-bond acceptors (Lipinski definition) is 5. The van der Waals surface area contributed by atoms with Crippen LogP contribution >= 0.6 is 0 Å². The molecule has 1 N–H and O–H groups in total. The molecule has 0 aliphatic carbocycles. The minimum atomic E-state index is -0.402. The van der Waals surface area contributed by atoms with Crippen molar-refractivity contribution < 1.29 is 9.72 Å². The van der Waals surface area contributed by atoms with Gasteiger partial charge >= 0.3 is 0 Å². The number of carbonyl (C=O) groups excluding carboxylic acids is 1. The number of piperazine rings is 1. The number of benzene rings is 1. The second kappa shape index (κ2) is 6.76. The summed E-state index contributed by atoms with van der Waals surface area (Å²) >= 11 is 0. The fraction of sp³-hybridized carbons (Fsp3) is 0.588. The molecule has 0 saturated carbocycles. The molecule has 0 radical (unpaired) electrons. The van der Waals surface area contributed by atoms with Gasteiger partial charge in [0.05, 0.1) is 10.5 Å². The number of nitro groups is 1. The number of para-hydroxylation sites is 2. The highest BCUT2D eigenvalue weighted by molar-refractivity contribution is 5.87. The fourth-order valence-corrected chi connectivity index (χ4v) is 3.78. The van der Waals surface area contributed by atoms with E-state index in [9.17, 15) is 14.9 Å². The molecule has 1 atom stereocenters. The van der Waals surface area contributed by atoms with Crippen molar-refractivity contribution in [2.75, 3.05) is 37.6 Å². The number of nitro benzene ring substituents is 1. The van der Waals surface area contributed by atoms with Gasteiger partial charge in [0.1, 0.15) is 5.69 Å². The van der Waals surface area contributed by atoms with Crippen LogP contribution in [0, 0.1) is 10.1 Å². The predicted molar refractivity (Wildman–Crippen MR) is 92.1 cm³/mol. The molecule has 7 nitrogen and oxygen atoms in total. The molecule has 2 aliphatic rings. The van der Waals surface area contributed by atoms with E-state index in [1.807, 2.05) is 15.9 Å². The Morgan fingerprint density at radius 2 is 2.00 bits per heavy atom. The van der Waals surface area contributed by atoms with Crippen molar-refractivity contribution in [3.63, 3.8) is 0 Å². The minimum absolute atomic E-state index is 0.125. The highest BCUT2D eigenvalue weighted by Gasteiger charge is 2.42. The van der Waals surface area contributed by atoms with Crippen LogP contribution in [0.3, 0.4) is 0 Å². The molecule has 2 fully saturated rings. The maximum absolute atomic E-state index is 12.9. The lowest BCUT2D eigenvalue weighted by Gasteiger charge is -2.40. The first kappa shape index (κ1) is 16.7. The maximum atomic E-state index is 12.9. The molecule has 2 aliphatic heterocycles. The van der Waals surface area contributed by atoms with E-state index < -0.39 is 5.54 Å². The zero-order chi connectivity index (χ0) is 17.2. The molecule has 7 heteroatoms. The smallest absolute Gasteiger partial charge is 0.292 e. The Balaban J connectivity index is 1.68. The third kappa shape index (κ3) is 2.96. The molecule has 0 bridgehead atoms. The highest BCUT2D eigenvalue weighted by Crippen LogP contribution is 2.30. The summed E-state index contributed by atoms with van der Waals surface area (Å²) in [5, 5.41) is 14.6. The molecule has 1 unspecified atom stereocenters. The lowest BCUT2D eigenvalue weighted by atomic mass is 9.92. The summed E-state index contributed by atoms with van der Waals surface area (Å²) in [6, 6.07) is 6.80. The SMILES string of the molecule is CCC1(C(=O)N2CCN(c3ccccc3[N+](=O)[O-])CC2)CCCN1. The van der Waals surface area contributed by atoms with Gasteiger partial charge in [0.15, 0.2) is 0 Å². The number of nitrogens with zero attached hydrogens (tertiary/aromatic N) is 3. The topological polar surface area (TPSA) is 78.7 Å². The van der Waals surface area contributed by atoms with Gasteiger partial charge in [-0.05, 0) is 31.9 Å². The molecule has 1 aromatic rings. The van der Waals surface area contributed by atoms with Crippen LogP contribution in [0.25, 0.3) is 0 Å². The van der Waals surface area contributed by atoms with Gasteiger partial charge in [-0.25, -0.2) is 0 Å². The second-order valence-electron chi connectivity index (χ2n) is 6.49. The van der Waals surface area contributed by atoms with Crippen molar-refractivity contribution in [3.8, 4) is 0 Å². The molecule has 0 aromatic heterocycles. The summed E-state index contributed by atoms with van der Waals surface area (Å²) in [6.07, 6.45) is 2.73. The van der Waals surface area contributed by atoms with E-state index in [-0.39, 0.29) is 16.5 Å². The lowest BCUT2D eigenvalue weighted by Crippen LogP contribution is -2.59. The predicted octanol–water partition coefficient (Wildman–Crippen LogP) is 1.78. The van der Waals surface area contributed by atoms with Crippen LogP contribution in [0.15, 0.2) is 24.3 Å². The third-order valence-corrected chi connectivity index (χ3v) is 5.24. The van der Waals surface area contributed by atoms with Crippen molar-refractivity contribution in [3.05, 3.63) is 34.4 Å².